The Labute approximate surface area is 87.6 Å². The average molecular weight is 204 g/mol. The van der Waals surface area contributed by atoms with Crippen LogP contribution in [0.2, 0.25) is 0 Å². The van der Waals surface area contributed by atoms with Crippen LogP contribution < -0.4 is 5.32 Å². The van der Waals surface area contributed by atoms with E-state index in [9.17, 15) is 0 Å². The minimum Gasteiger partial charge on any atom is -0.419 e. The maximum Gasteiger partial charge on any atom is 0.266 e. The van der Waals surface area contributed by atoms with Gasteiger partial charge in [-0.15, -0.1) is 10.2 Å². The summed E-state index contributed by atoms with van der Waals surface area (Å²) < 4.78 is 5.45. The lowest BCUT2D eigenvalue weighted by atomic mass is 10.3. The SMILES string of the molecule is CNCCc1nnc(-c2ccccn2)o1. The third-order valence-corrected chi connectivity index (χ3v) is 1.94. The van der Waals surface area contributed by atoms with Crippen molar-refractivity contribution in [2.24, 2.45) is 0 Å². The number of hydrogen-bond acceptors (Lipinski definition) is 5. The molecule has 2 aromatic rings. The van der Waals surface area contributed by atoms with Gasteiger partial charge >= 0.3 is 0 Å². The van der Waals surface area contributed by atoms with Crippen molar-refractivity contribution in [2.45, 2.75) is 6.42 Å². The first-order chi connectivity index (χ1) is 7.40. The van der Waals surface area contributed by atoms with Gasteiger partial charge in [-0.25, -0.2) is 0 Å². The second-order valence-electron chi connectivity index (χ2n) is 3.07. The monoisotopic (exact) mass is 204 g/mol. The summed E-state index contributed by atoms with van der Waals surface area (Å²) in [6.07, 6.45) is 2.43. The van der Waals surface area contributed by atoms with E-state index in [1.54, 1.807) is 6.20 Å². The molecule has 1 N–H and O–H groups in total. The highest BCUT2D eigenvalue weighted by molar-refractivity contribution is 5.44. The summed E-state index contributed by atoms with van der Waals surface area (Å²) in [5.41, 5.74) is 0.709. The van der Waals surface area contributed by atoms with Crippen molar-refractivity contribution in [3.63, 3.8) is 0 Å². The van der Waals surface area contributed by atoms with Gasteiger partial charge in [-0.2, -0.15) is 0 Å². The molecule has 0 aliphatic carbocycles. The fourth-order valence-electron chi connectivity index (χ4n) is 1.18. The summed E-state index contributed by atoms with van der Waals surface area (Å²) in [4.78, 5) is 4.13. The molecule has 0 spiro atoms. The molecular formula is C10H12N4O. The Morgan fingerprint density at radius 2 is 2.27 bits per heavy atom. The predicted molar refractivity (Wildman–Crippen MR) is 55.2 cm³/mol. The molecule has 78 valence electrons. The molecule has 5 nitrogen and oxygen atoms in total. The number of aromatic nitrogens is 3. The van der Waals surface area contributed by atoms with Gasteiger partial charge in [0.15, 0.2) is 0 Å². The van der Waals surface area contributed by atoms with Crippen molar-refractivity contribution in [1.82, 2.24) is 20.5 Å². The molecule has 0 unspecified atom stereocenters. The Hall–Kier alpha value is -1.75. The molecular weight excluding hydrogens is 192 g/mol. The van der Waals surface area contributed by atoms with E-state index >= 15 is 0 Å². The van der Waals surface area contributed by atoms with E-state index in [0.29, 0.717) is 17.5 Å². The van der Waals surface area contributed by atoms with Gasteiger partial charge in [0.2, 0.25) is 5.89 Å². The lowest BCUT2D eigenvalue weighted by Crippen LogP contribution is -2.10. The van der Waals surface area contributed by atoms with Gasteiger partial charge in [0.25, 0.3) is 5.89 Å². The molecule has 5 heteroatoms. The van der Waals surface area contributed by atoms with Crippen LogP contribution in [0.5, 0.6) is 0 Å². The van der Waals surface area contributed by atoms with Crippen molar-refractivity contribution in [3.05, 3.63) is 30.3 Å². The fourth-order valence-corrected chi connectivity index (χ4v) is 1.18. The van der Waals surface area contributed by atoms with Crippen LogP contribution in [0.15, 0.2) is 28.8 Å². The van der Waals surface area contributed by atoms with Crippen LogP contribution in [0.4, 0.5) is 0 Å². The smallest absolute Gasteiger partial charge is 0.266 e. The number of hydrogen-bond donors (Lipinski definition) is 1. The number of likely N-dealkylation sites (N-methyl/N-ethyl adjacent to an activating group) is 1. The molecule has 0 amide bonds. The van der Waals surface area contributed by atoms with Gasteiger partial charge < -0.3 is 9.73 Å². The Morgan fingerprint density at radius 3 is 3.00 bits per heavy atom. The molecule has 0 aliphatic heterocycles. The molecule has 2 aromatic heterocycles. The van der Waals surface area contributed by atoms with Gasteiger partial charge in [-0.3, -0.25) is 4.98 Å². The molecule has 0 bridgehead atoms. The minimum atomic E-state index is 0.474. The van der Waals surface area contributed by atoms with Gasteiger partial charge in [0.1, 0.15) is 5.69 Å². The zero-order valence-corrected chi connectivity index (χ0v) is 8.47. The summed E-state index contributed by atoms with van der Waals surface area (Å²) in [6.45, 7) is 0.823. The molecule has 0 fully saturated rings. The second-order valence-corrected chi connectivity index (χ2v) is 3.07. The molecule has 2 rings (SSSR count). The van der Waals surface area contributed by atoms with E-state index in [-0.39, 0.29) is 0 Å². The Morgan fingerprint density at radius 1 is 1.33 bits per heavy atom. The first-order valence-corrected chi connectivity index (χ1v) is 4.78. The van der Waals surface area contributed by atoms with E-state index in [4.69, 9.17) is 4.42 Å². The van der Waals surface area contributed by atoms with Crippen molar-refractivity contribution in [1.29, 1.82) is 0 Å². The zero-order valence-electron chi connectivity index (χ0n) is 8.47. The van der Waals surface area contributed by atoms with Gasteiger partial charge in [-0.1, -0.05) is 6.07 Å². The highest BCUT2D eigenvalue weighted by Crippen LogP contribution is 2.13. The van der Waals surface area contributed by atoms with Crippen LogP contribution in [0.1, 0.15) is 5.89 Å². The largest absolute Gasteiger partial charge is 0.419 e. The summed E-state index contributed by atoms with van der Waals surface area (Å²) >= 11 is 0. The molecule has 0 aliphatic rings. The molecule has 0 saturated carbocycles. The number of nitrogens with zero attached hydrogens (tertiary/aromatic N) is 3. The third-order valence-electron chi connectivity index (χ3n) is 1.94. The number of rotatable bonds is 4. The van der Waals surface area contributed by atoms with Crippen LogP contribution >= 0.6 is 0 Å². The lowest BCUT2D eigenvalue weighted by molar-refractivity contribution is 0.498. The maximum atomic E-state index is 5.45. The second kappa shape index (κ2) is 4.65. The number of pyridine rings is 1. The van der Waals surface area contributed by atoms with E-state index in [0.717, 1.165) is 13.0 Å². The standard InChI is InChI=1S/C10H12N4O/c1-11-7-5-9-13-14-10(15-9)8-4-2-3-6-12-8/h2-4,6,11H,5,7H2,1H3. The van der Waals surface area contributed by atoms with Crippen molar-refractivity contribution < 1.29 is 4.42 Å². The first kappa shape index (κ1) is 9.79. The summed E-state index contributed by atoms with van der Waals surface area (Å²) in [5.74, 6) is 1.10. The quantitative estimate of drug-likeness (QED) is 0.801. The van der Waals surface area contributed by atoms with E-state index < -0.39 is 0 Å². The summed E-state index contributed by atoms with van der Waals surface area (Å²) in [7, 11) is 1.88. The van der Waals surface area contributed by atoms with Crippen LogP contribution in [0, 0.1) is 0 Å². The van der Waals surface area contributed by atoms with Crippen LogP contribution in [0.25, 0.3) is 11.6 Å². The fraction of sp³-hybridized carbons (Fsp3) is 0.300. The van der Waals surface area contributed by atoms with Gasteiger partial charge in [-0.05, 0) is 19.2 Å². The Balaban J connectivity index is 2.14. The summed E-state index contributed by atoms with van der Waals surface area (Å²) in [6, 6.07) is 5.58. The Kier molecular flexibility index (Phi) is 3.04. The van der Waals surface area contributed by atoms with E-state index in [1.807, 2.05) is 25.2 Å². The topological polar surface area (TPSA) is 63.8 Å². The van der Waals surface area contributed by atoms with Crippen molar-refractivity contribution in [2.75, 3.05) is 13.6 Å². The highest BCUT2D eigenvalue weighted by atomic mass is 16.4. The third kappa shape index (κ3) is 2.38. The van der Waals surface area contributed by atoms with Crippen LogP contribution in [0.3, 0.4) is 0 Å². The summed E-state index contributed by atoms with van der Waals surface area (Å²) in [5, 5.41) is 10.9. The minimum absolute atomic E-state index is 0.474. The zero-order chi connectivity index (χ0) is 10.5. The molecule has 0 radical (unpaired) electrons. The molecule has 0 saturated heterocycles. The van der Waals surface area contributed by atoms with Crippen LogP contribution in [-0.4, -0.2) is 28.8 Å². The normalized spacial score (nSPS) is 10.5. The van der Waals surface area contributed by atoms with Crippen molar-refractivity contribution >= 4 is 0 Å². The van der Waals surface area contributed by atoms with Gasteiger partial charge in [0.05, 0.1) is 0 Å². The van der Waals surface area contributed by atoms with E-state index in [2.05, 4.69) is 20.5 Å². The number of nitrogens with one attached hydrogen (secondary N) is 1. The highest BCUT2D eigenvalue weighted by Gasteiger charge is 2.07. The molecule has 0 atom stereocenters. The van der Waals surface area contributed by atoms with Crippen molar-refractivity contribution in [3.8, 4) is 11.6 Å². The van der Waals surface area contributed by atoms with Gasteiger partial charge in [0, 0.05) is 19.2 Å². The molecule has 15 heavy (non-hydrogen) atoms. The maximum absolute atomic E-state index is 5.45. The molecule has 0 aromatic carbocycles. The molecule has 2 heterocycles. The van der Waals surface area contributed by atoms with E-state index in [1.165, 1.54) is 0 Å². The predicted octanol–water partition coefficient (Wildman–Crippen LogP) is 0.893. The average Bonchev–Trinajstić information content (AvgIpc) is 2.76. The first-order valence-electron chi connectivity index (χ1n) is 4.78. The Bertz CT molecular complexity index is 412. The lowest BCUT2D eigenvalue weighted by Gasteiger charge is -1.93. The van der Waals surface area contributed by atoms with Crippen LogP contribution in [-0.2, 0) is 6.42 Å².